The van der Waals surface area contributed by atoms with Crippen molar-refractivity contribution in [3.63, 3.8) is 0 Å². The van der Waals surface area contributed by atoms with Gasteiger partial charge in [0, 0.05) is 11.1 Å². The first-order chi connectivity index (χ1) is 10.0. The minimum absolute atomic E-state index is 0.00213. The summed E-state index contributed by atoms with van der Waals surface area (Å²) < 4.78 is 18.7. The number of nitrogen functional groups attached to an aromatic ring is 1. The minimum Gasteiger partial charge on any atom is -0.497 e. The van der Waals surface area contributed by atoms with E-state index < -0.39 is 11.7 Å². The lowest BCUT2D eigenvalue weighted by Gasteiger charge is -2.11. The molecule has 0 aliphatic rings. The van der Waals surface area contributed by atoms with Gasteiger partial charge in [-0.25, -0.2) is 4.39 Å². The summed E-state index contributed by atoms with van der Waals surface area (Å²) in [6, 6.07) is 8.61. The number of anilines is 2. The van der Waals surface area contributed by atoms with Gasteiger partial charge in [-0.05, 0) is 30.3 Å². The molecule has 0 saturated carbocycles. The van der Waals surface area contributed by atoms with Crippen molar-refractivity contribution in [2.75, 3.05) is 17.9 Å². The number of nitrogens with two attached hydrogens (primary N) is 1. The van der Waals surface area contributed by atoms with Gasteiger partial charge in [0.2, 0.25) is 0 Å². The number of amides is 1. The van der Waals surface area contributed by atoms with Crippen molar-refractivity contribution in [2.24, 2.45) is 5.84 Å². The van der Waals surface area contributed by atoms with Crippen LogP contribution in [-0.4, -0.2) is 13.0 Å². The molecule has 0 heterocycles. The fourth-order valence-electron chi connectivity index (χ4n) is 1.75. The summed E-state index contributed by atoms with van der Waals surface area (Å²) in [5.41, 5.74) is 2.97. The molecule has 0 bridgehead atoms. The second-order valence-electron chi connectivity index (χ2n) is 4.13. The number of halogens is 2. The highest BCUT2D eigenvalue weighted by Crippen LogP contribution is 2.24. The standard InChI is InChI=1S/C14H13ClFN3O2/c1-21-9-3-4-11(16)13(7-9)18-14(20)10-6-8(15)2-5-12(10)19-17/h2-7,19H,17H2,1H3,(H,18,20). The summed E-state index contributed by atoms with van der Waals surface area (Å²) in [4.78, 5) is 12.2. The van der Waals surface area contributed by atoms with E-state index in [2.05, 4.69) is 10.7 Å². The van der Waals surface area contributed by atoms with E-state index in [1.807, 2.05) is 0 Å². The number of carbonyl (C=O) groups is 1. The molecule has 110 valence electrons. The Kier molecular flexibility index (Phi) is 4.62. The third-order valence-corrected chi connectivity index (χ3v) is 3.04. The molecule has 7 heteroatoms. The highest BCUT2D eigenvalue weighted by Gasteiger charge is 2.14. The maximum absolute atomic E-state index is 13.7. The zero-order valence-corrected chi connectivity index (χ0v) is 11.9. The Hall–Kier alpha value is -2.31. The van der Waals surface area contributed by atoms with Gasteiger partial charge in [-0.15, -0.1) is 0 Å². The summed E-state index contributed by atoms with van der Waals surface area (Å²) in [6.45, 7) is 0. The topological polar surface area (TPSA) is 76.4 Å². The van der Waals surface area contributed by atoms with Crippen LogP contribution in [0, 0.1) is 5.82 Å². The minimum atomic E-state index is -0.576. The van der Waals surface area contributed by atoms with Crippen molar-refractivity contribution in [1.82, 2.24) is 0 Å². The number of carbonyl (C=O) groups excluding carboxylic acids is 1. The van der Waals surface area contributed by atoms with Gasteiger partial charge < -0.3 is 15.5 Å². The number of methoxy groups -OCH3 is 1. The molecule has 2 rings (SSSR count). The Labute approximate surface area is 125 Å². The van der Waals surface area contributed by atoms with Gasteiger partial charge in [0.15, 0.2) is 0 Å². The van der Waals surface area contributed by atoms with Gasteiger partial charge in [-0.2, -0.15) is 0 Å². The summed E-state index contributed by atoms with van der Waals surface area (Å²) in [5, 5.41) is 2.82. The monoisotopic (exact) mass is 309 g/mol. The average Bonchev–Trinajstić information content (AvgIpc) is 2.49. The van der Waals surface area contributed by atoms with E-state index in [9.17, 15) is 9.18 Å². The quantitative estimate of drug-likeness (QED) is 0.599. The van der Waals surface area contributed by atoms with Gasteiger partial charge in [0.1, 0.15) is 11.6 Å². The molecule has 5 nitrogen and oxygen atoms in total. The number of ether oxygens (including phenoxy) is 1. The van der Waals surface area contributed by atoms with Crippen molar-refractivity contribution in [2.45, 2.75) is 0 Å². The van der Waals surface area contributed by atoms with Gasteiger partial charge in [0.25, 0.3) is 5.91 Å². The van der Waals surface area contributed by atoms with E-state index in [0.717, 1.165) is 0 Å². The number of rotatable bonds is 4. The highest BCUT2D eigenvalue weighted by molar-refractivity contribution is 6.31. The van der Waals surface area contributed by atoms with Crippen LogP contribution in [0.4, 0.5) is 15.8 Å². The summed E-state index contributed by atoms with van der Waals surface area (Å²) in [7, 11) is 1.45. The van der Waals surface area contributed by atoms with E-state index in [-0.39, 0.29) is 11.3 Å². The third kappa shape index (κ3) is 3.42. The van der Waals surface area contributed by atoms with Crippen LogP contribution in [0.1, 0.15) is 10.4 Å². The van der Waals surface area contributed by atoms with Gasteiger partial charge in [-0.1, -0.05) is 11.6 Å². The van der Waals surface area contributed by atoms with Crippen molar-refractivity contribution >= 4 is 28.9 Å². The fraction of sp³-hybridized carbons (Fsp3) is 0.0714. The molecule has 0 atom stereocenters. The SMILES string of the molecule is COc1ccc(F)c(NC(=O)c2cc(Cl)ccc2NN)c1. The molecule has 0 saturated heterocycles. The molecule has 2 aromatic carbocycles. The first-order valence-electron chi connectivity index (χ1n) is 5.96. The first kappa shape index (κ1) is 15.1. The predicted octanol–water partition coefficient (Wildman–Crippen LogP) is 3.03. The van der Waals surface area contributed by atoms with Gasteiger partial charge in [-0.3, -0.25) is 10.6 Å². The Morgan fingerprint density at radius 1 is 1.24 bits per heavy atom. The van der Waals surface area contributed by atoms with E-state index in [1.165, 1.54) is 31.4 Å². The smallest absolute Gasteiger partial charge is 0.257 e. The molecule has 1 amide bonds. The van der Waals surface area contributed by atoms with Crippen molar-refractivity contribution in [3.8, 4) is 5.75 Å². The second kappa shape index (κ2) is 6.43. The summed E-state index contributed by atoms with van der Waals surface area (Å²) in [5.74, 6) is 4.65. The Morgan fingerprint density at radius 3 is 2.67 bits per heavy atom. The van der Waals surface area contributed by atoms with E-state index in [1.54, 1.807) is 12.1 Å². The molecule has 0 aliphatic carbocycles. The van der Waals surface area contributed by atoms with Crippen LogP contribution < -0.4 is 21.3 Å². The van der Waals surface area contributed by atoms with Crippen molar-refractivity contribution in [1.29, 1.82) is 0 Å². The summed E-state index contributed by atoms with van der Waals surface area (Å²) in [6.07, 6.45) is 0. The highest BCUT2D eigenvalue weighted by atomic mass is 35.5. The van der Waals surface area contributed by atoms with E-state index >= 15 is 0 Å². The molecule has 0 spiro atoms. The maximum atomic E-state index is 13.7. The van der Waals surface area contributed by atoms with Crippen LogP contribution in [0.25, 0.3) is 0 Å². The van der Waals surface area contributed by atoms with Crippen LogP contribution in [-0.2, 0) is 0 Å². The molecule has 0 aromatic heterocycles. The van der Waals surface area contributed by atoms with E-state index in [0.29, 0.717) is 16.5 Å². The Bertz CT molecular complexity index is 679. The predicted molar refractivity (Wildman–Crippen MR) is 80.2 cm³/mol. The molecule has 2 aromatic rings. The fourth-order valence-corrected chi connectivity index (χ4v) is 1.92. The van der Waals surface area contributed by atoms with Crippen LogP contribution in [0.3, 0.4) is 0 Å². The molecule has 21 heavy (non-hydrogen) atoms. The molecule has 0 radical (unpaired) electrons. The molecule has 0 aliphatic heterocycles. The molecule has 0 unspecified atom stereocenters. The van der Waals surface area contributed by atoms with Crippen molar-refractivity contribution < 1.29 is 13.9 Å². The maximum Gasteiger partial charge on any atom is 0.257 e. The third-order valence-electron chi connectivity index (χ3n) is 2.80. The average molecular weight is 310 g/mol. The van der Waals surface area contributed by atoms with Gasteiger partial charge in [0.05, 0.1) is 24.0 Å². The van der Waals surface area contributed by atoms with Crippen LogP contribution in [0.2, 0.25) is 5.02 Å². The largest absolute Gasteiger partial charge is 0.497 e. The number of benzene rings is 2. The zero-order chi connectivity index (χ0) is 15.4. The van der Waals surface area contributed by atoms with Gasteiger partial charge >= 0.3 is 0 Å². The lowest BCUT2D eigenvalue weighted by atomic mass is 10.1. The van der Waals surface area contributed by atoms with E-state index in [4.69, 9.17) is 22.2 Å². The molecular formula is C14H13ClFN3O2. The number of hydrazine groups is 1. The number of nitrogens with one attached hydrogen (secondary N) is 2. The lowest BCUT2D eigenvalue weighted by Crippen LogP contribution is -2.17. The van der Waals surface area contributed by atoms with Crippen LogP contribution >= 0.6 is 11.6 Å². The number of hydrogen-bond acceptors (Lipinski definition) is 4. The molecule has 0 fully saturated rings. The Balaban J connectivity index is 2.32. The van der Waals surface area contributed by atoms with Crippen LogP contribution in [0.15, 0.2) is 36.4 Å². The van der Waals surface area contributed by atoms with Crippen LogP contribution in [0.5, 0.6) is 5.75 Å². The normalized spacial score (nSPS) is 10.1. The van der Waals surface area contributed by atoms with Crippen molar-refractivity contribution in [3.05, 3.63) is 52.8 Å². The second-order valence-corrected chi connectivity index (χ2v) is 4.57. The lowest BCUT2D eigenvalue weighted by molar-refractivity contribution is 0.102. The first-order valence-corrected chi connectivity index (χ1v) is 6.34. The zero-order valence-electron chi connectivity index (χ0n) is 11.1. The summed E-state index contributed by atoms with van der Waals surface area (Å²) >= 11 is 5.86. The number of hydrogen-bond donors (Lipinski definition) is 3. The Morgan fingerprint density at radius 2 is 2.00 bits per heavy atom. The molecule has 4 N–H and O–H groups in total. The molecular weight excluding hydrogens is 297 g/mol.